The standard InChI is InChI=1S/C9H17N2O2/c1-8(12)11-7-5-3-4-6-9(13)10-2/h2-7H2,1H3,(H,10,13)(H,11,12). The van der Waals surface area contributed by atoms with E-state index in [2.05, 4.69) is 17.7 Å². The van der Waals surface area contributed by atoms with Crippen molar-refractivity contribution in [1.82, 2.24) is 10.6 Å². The number of amides is 2. The van der Waals surface area contributed by atoms with Crippen molar-refractivity contribution >= 4 is 11.8 Å². The molecule has 1 radical (unpaired) electrons. The summed E-state index contributed by atoms with van der Waals surface area (Å²) in [5.74, 6) is -0.0324. The molecule has 0 bridgehead atoms. The second kappa shape index (κ2) is 7.58. The molecule has 0 heterocycles. The van der Waals surface area contributed by atoms with Gasteiger partial charge in [0, 0.05) is 26.9 Å². The Hall–Kier alpha value is -1.06. The maximum Gasteiger partial charge on any atom is 0.220 e. The maximum atomic E-state index is 10.7. The molecule has 0 saturated carbocycles. The van der Waals surface area contributed by atoms with E-state index >= 15 is 0 Å². The number of carbonyl (C=O) groups excluding carboxylic acids is 2. The van der Waals surface area contributed by atoms with E-state index in [1.54, 1.807) is 0 Å². The molecule has 0 atom stereocenters. The van der Waals surface area contributed by atoms with E-state index in [9.17, 15) is 9.59 Å². The summed E-state index contributed by atoms with van der Waals surface area (Å²) in [7, 11) is 3.27. The number of unbranched alkanes of at least 4 members (excludes halogenated alkanes) is 2. The van der Waals surface area contributed by atoms with Crippen molar-refractivity contribution in [3.63, 3.8) is 0 Å². The number of hydrogen-bond acceptors (Lipinski definition) is 2. The van der Waals surface area contributed by atoms with E-state index in [0.717, 1.165) is 19.3 Å². The van der Waals surface area contributed by atoms with Crippen LogP contribution in [0.15, 0.2) is 0 Å². The van der Waals surface area contributed by atoms with Crippen molar-refractivity contribution in [2.24, 2.45) is 0 Å². The molecule has 0 unspecified atom stereocenters. The van der Waals surface area contributed by atoms with Crippen molar-refractivity contribution < 1.29 is 9.59 Å². The molecular weight excluding hydrogens is 168 g/mol. The summed E-state index contributed by atoms with van der Waals surface area (Å²) in [6.07, 6.45) is 3.24. The predicted octanol–water partition coefficient (Wildman–Crippen LogP) is 0.591. The Labute approximate surface area is 79.1 Å². The molecule has 0 aromatic rings. The summed E-state index contributed by atoms with van der Waals surface area (Å²) in [4.78, 5) is 21.2. The zero-order valence-electron chi connectivity index (χ0n) is 8.06. The highest BCUT2D eigenvalue weighted by molar-refractivity contribution is 5.75. The maximum absolute atomic E-state index is 10.7. The van der Waals surface area contributed by atoms with Crippen LogP contribution in [0.2, 0.25) is 0 Å². The quantitative estimate of drug-likeness (QED) is 0.595. The van der Waals surface area contributed by atoms with Crippen molar-refractivity contribution in [1.29, 1.82) is 0 Å². The molecule has 0 aliphatic carbocycles. The molecule has 75 valence electrons. The van der Waals surface area contributed by atoms with E-state index < -0.39 is 0 Å². The fourth-order valence-corrected chi connectivity index (χ4v) is 0.940. The zero-order valence-corrected chi connectivity index (χ0v) is 8.06. The Kier molecular flexibility index (Phi) is 6.96. The Morgan fingerprint density at radius 1 is 1.23 bits per heavy atom. The molecule has 0 saturated heterocycles. The first-order valence-corrected chi connectivity index (χ1v) is 4.47. The van der Waals surface area contributed by atoms with Gasteiger partial charge >= 0.3 is 0 Å². The highest BCUT2D eigenvalue weighted by Crippen LogP contribution is 1.98. The molecule has 0 fully saturated rings. The topological polar surface area (TPSA) is 58.2 Å². The number of rotatable bonds is 6. The van der Waals surface area contributed by atoms with Crippen molar-refractivity contribution in [3.8, 4) is 0 Å². The second-order valence-electron chi connectivity index (χ2n) is 2.89. The van der Waals surface area contributed by atoms with Gasteiger partial charge in [0.2, 0.25) is 11.8 Å². The van der Waals surface area contributed by atoms with Gasteiger partial charge in [0.15, 0.2) is 0 Å². The van der Waals surface area contributed by atoms with E-state index in [1.165, 1.54) is 6.92 Å². The third kappa shape index (κ3) is 8.85. The monoisotopic (exact) mass is 185 g/mol. The van der Waals surface area contributed by atoms with E-state index in [1.807, 2.05) is 0 Å². The molecular formula is C9H17N2O2. The lowest BCUT2D eigenvalue weighted by molar-refractivity contribution is -0.120. The molecule has 0 spiro atoms. The third-order valence-electron chi connectivity index (χ3n) is 1.65. The van der Waals surface area contributed by atoms with Gasteiger partial charge in [-0.1, -0.05) is 6.42 Å². The van der Waals surface area contributed by atoms with Crippen LogP contribution in [0.4, 0.5) is 0 Å². The van der Waals surface area contributed by atoms with Crippen molar-refractivity contribution in [3.05, 3.63) is 7.05 Å². The fraction of sp³-hybridized carbons (Fsp3) is 0.667. The second-order valence-corrected chi connectivity index (χ2v) is 2.89. The van der Waals surface area contributed by atoms with Crippen molar-refractivity contribution in [2.45, 2.75) is 32.6 Å². The van der Waals surface area contributed by atoms with Crippen LogP contribution in [0, 0.1) is 7.05 Å². The van der Waals surface area contributed by atoms with Crippen molar-refractivity contribution in [2.75, 3.05) is 6.54 Å². The largest absolute Gasteiger partial charge is 0.356 e. The fourth-order valence-electron chi connectivity index (χ4n) is 0.940. The Balaban J connectivity index is 3.08. The lowest BCUT2D eigenvalue weighted by atomic mass is 10.2. The number of nitrogens with one attached hydrogen (secondary N) is 2. The molecule has 0 aromatic heterocycles. The Bertz CT molecular complexity index is 169. The summed E-state index contributed by atoms with van der Waals surface area (Å²) in [6.45, 7) is 2.19. The SMILES string of the molecule is [CH2]NC(=O)CCCCCNC(C)=O. The number of carbonyl (C=O) groups is 2. The van der Waals surface area contributed by atoms with Gasteiger partial charge in [0.25, 0.3) is 0 Å². The molecule has 0 aromatic carbocycles. The predicted molar refractivity (Wildman–Crippen MR) is 50.7 cm³/mol. The van der Waals surface area contributed by atoms with Crippen LogP contribution in [-0.2, 0) is 9.59 Å². The normalized spacial score (nSPS) is 9.38. The first-order chi connectivity index (χ1) is 6.16. The van der Waals surface area contributed by atoms with Gasteiger partial charge in [-0.3, -0.25) is 9.59 Å². The molecule has 0 aliphatic rings. The molecule has 2 N–H and O–H groups in total. The summed E-state index contributed by atoms with van der Waals surface area (Å²) in [6, 6.07) is 0. The van der Waals surface area contributed by atoms with Gasteiger partial charge in [-0.15, -0.1) is 0 Å². The highest BCUT2D eigenvalue weighted by Gasteiger charge is 1.97. The van der Waals surface area contributed by atoms with Gasteiger partial charge in [0.05, 0.1) is 0 Å². The Morgan fingerprint density at radius 3 is 2.46 bits per heavy atom. The minimum atomic E-state index is -0.0282. The van der Waals surface area contributed by atoms with E-state index in [0.29, 0.717) is 13.0 Å². The summed E-state index contributed by atoms with van der Waals surface area (Å²) >= 11 is 0. The lowest BCUT2D eigenvalue weighted by Gasteiger charge is -2.01. The molecule has 4 heteroatoms. The smallest absolute Gasteiger partial charge is 0.220 e. The van der Waals surface area contributed by atoms with Crippen LogP contribution in [-0.4, -0.2) is 18.4 Å². The highest BCUT2D eigenvalue weighted by atomic mass is 16.2. The van der Waals surface area contributed by atoms with E-state index in [4.69, 9.17) is 0 Å². The zero-order chi connectivity index (χ0) is 10.1. The third-order valence-corrected chi connectivity index (χ3v) is 1.65. The summed E-state index contributed by atoms with van der Waals surface area (Å²) in [5.41, 5.74) is 0. The molecule has 0 aliphatic heterocycles. The van der Waals surface area contributed by atoms with E-state index in [-0.39, 0.29) is 11.8 Å². The van der Waals surface area contributed by atoms with Gasteiger partial charge in [-0.05, 0) is 12.8 Å². The first-order valence-electron chi connectivity index (χ1n) is 4.47. The van der Waals surface area contributed by atoms with Gasteiger partial charge in [-0.2, -0.15) is 0 Å². The summed E-state index contributed by atoms with van der Waals surface area (Å²) < 4.78 is 0. The lowest BCUT2D eigenvalue weighted by Crippen LogP contribution is -2.21. The van der Waals surface area contributed by atoms with Crippen LogP contribution in [0.5, 0.6) is 0 Å². The van der Waals surface area contributed by atoms with Gasteiger partial charge in [0.1, 0.15) is 0 Å². The average Bonchev–Trinajstić information content (AvgIpc) is 2.10. The first kappa shape index (κ1) is 11.9. The van der Waals surface area contributed by atoms with Crippen LogP contribution in [0.1, 0.15) is 32.6 Å². The van der Waals surface area contributed by atoms with Crippen LogP contribution in [0.25, 0.3) is 0 Å². The molecule has 0 rings (SSSR count). The molecule has 2 amide bonds. The van der Waals surface area contributed by atoms with Crippen LogP contribution < -0.4 is 10.6 Å². The summed E-state index contributed by atoms with van der Waals surface area (Å²) in [5, 5.41) is 5.01. The van der Waals surface area contributed by atoms with Crippen LogP contribution in [0.3, 0.4) is 0 Å². The molecule has 4 nitrogen and oxygen atoms in total. The molecule has 13 heavy (non-hydrogen) atoms. The minimum Gasteiger partial charge on any atom is -0.356 e. The minimum absolute atomic E-state index is 0.00417. The van der Waals surface area contributed by atoms with Gasteiger partial charge < -0.3 is 10.6 Å². The van der Waals surface area contributed by atoms with Gasteiger partial charge in [-0.25, -0.2) is 0 Å². The van der Waals surface area contributed by atoms with Crippen LogP contribution >= 0.6 is 0 Å². The Morgan fingerprint density at radius 2 is 1.92 bits per heavy atom. The number of hydrogen-bond donors (Lipinski definition) is 2. The average molecular weight is 185 g/mol.